The topological polar surface area (TPSA) is 32.3 Å². The van der Waals surface area contributed by atoms with Crippen molar-refractivity contribution in [2.24, 2.45) is 0 Å². The molecule has 2 heterocycles. The predicted molar refractivity (Wildman–Crippen MR) is 90.0 cm³/mol. The van der Waals surface area contributed by atoms with Crippen molar-refractivity contribution in [1.29, 1.82) is 0 Å². The molecule has 21 heavy (non-hydrogen) atoms. The highest BCUT2D eigenvalue weighted by molar-refractivity contribution is 7.80. The zero-order valence-electron chi connectivity index (χ0n) is 10.9. The molecule has 1 amide bonds. The number of carbonyl (C=O) groups is 1. The summed E-state index contributed by atoms with van der Waals surface area (Å²) in [6.45, 7) is 0.366. The Morgan fingerprint density at radius 2 is 2.14 bits per heavy atom. The van der Waals surface area contributed by atoms with Crippen LogP contribution in [0.4, 0.5) is 0 Å². The van der Waals surface area contributed by atoms with E-state index < -0.39 is 0 Å². The molecule has 0 spiro atoms. The van der Waals surface area contributed by atoms with Crippen LogP contribution in [-0.4, -0.2) is 15.9 Å². The average Bonchev–Trinajstić information content (AvgIpc) is 3.05. The van der Waals surface area contributed by atoms with Crippen LogP contribution in [0.25, 0.3) is 6.08 Å². The summed E-state index contributed by atoms with van der Waals surface area (Å²) in [5, 5.41) is 7.93. The molecule has 0 saturated carbocycles. The lowest BCUT2D eigenvalue weighted by Crippen LogP contribution is -2.30. The van der Waals surface area contributed by atoms with Crippen LogP contribution in [0.1, 0.15) is 11.1 Å². The van der Waals surface area contributed by atoms with Gasteiger partial charge in [0, 0.05) is 5.02 Å². The van der Waals surface area contributed by atoms with E-state index in [-0.39, 0.29) is 5.91 Å². The van der Waals surface area contributed by atoms with E-state index in [1.807, 2.05) is 35.0 Å². The monoisotopic (exact) mass is 334 g/mol. The molecular formula is C15H11ClN2OS2. The van der Waals surface area contributed by atoms with Crippen molar-refractivity contribution >= 4 is 52.3 Å². The summed E-state index contributed by atoms with van der Waals surface area (Å²) < 4.78 is 0. The third-order valence-corrected chi connectivity index (χ3v) is 4.50. The highest BCUT2D eigenvalue weighted by atomic mass is 35.5. The molecule has 6 heteroatoms. The second-order valence-electron chi connectivity index (χ2n) is 4.53. The Hall–Kier alpha value is -1.69. The number of nitrogens with zero attached hydrogens (tertiary/aromatic N) is 1. The van der Waals surface area contributed by atoms with Crippen molar-refractivity contribution in [3.63, 3.8) is 0 Å². The summed E-state index contributed by atoms with van der Waals surface area (Å²) >= 11 is 13.0. The highest BCUT2D eigenvalue weighted by Crippen LogP contribution is 2.21. The second kappa shape index (κ2) is 5.97. The zero-order valence-corrected chi connectivity index (χ0v) is 13.3. The summed E-state index contributed by atoms with van der Waals surface area (Å²) in [5.41, 5.74) is 2.34. The SMILES string of the molecule is O=C1C(=Cc2ccsc2)NC(=S)N1Cc1ccccc1Cl. The first-order valence-corrected chi connectivity index (χ1v) is 7.98. The number of nitrogens with one attached hydrogen (secondary N) is 1. The number of carbonyl (C=O) groups excluding carboxylic acids is 1. The largest absolute Gasteiger partial charge is 0.328 e. The number of thiocarbonyl (C=S) groups is 1. The minimum atomic E-state index is -0.133. The van der Waals surface area contributed by atoms with Crippen molar-refractivity contribution in [2.75, 3.05) is 0 Å². The molecule has 0 atom stereocenters. The fraction of sp³-hybridized carbons (Fsp3) is 0.0667. The number of hydrogen-bond acceptors (Lipinski definition) is 3. The van der Waals surface area contributed by atoms with Crippen LogP contribution in [0, 0.1) is 0 Å². The number of rotatable bonds is 3. The van der Waals surface area contributed by atoms with Crippen LogP contribution in [0.2, 0.25) is 5.02 Å². The normalized spacial score (nSPS) is 16.6. The van der Waals surface area contributed by atoms with E-state index in [2.05, 4.69) is 5.32 Å². The molecule has 1 aliphatic rings. The summed E-state index contributed by atoms with van der Waals surface area (Å²) in [6.07, 6.45) is 1.80. The molecule has 1 N–H and O–H groups in total. The molecule has 0 aliphatic carbocycles. The molecule has 1 aromatic carbocycles. The number of halogens is 1. The van der Waals surface area contributed by atoms with E-state index in [1.54, 1.807) is 23.5 Å². The molecule has 0 bridgehead atoms. The van der Waals surface area contributed by atoms with E-state index in [0.717, 1.165) is 11.1 Å². The van der Waals surface area contributed by atoms with E-state index in [1.165, 1.54) is 4.90 Å². The molecule has 1 aromatic heterocycles. The maximum Gasteiger partial charge on any atom is 0.276 e. The van der Waals surface area contributed by atoms with Crippen molar-refractivity contribution in [1.82, 2.24) is 10.2 Å². The first kappa shape index (κ1) is 14.3. The molecule has 1 saturated heterocycles. The Morgan fingerprint density at radius 3 is 2.86 bits per heavy atom. The molecule has 0 unspecified atom stereocenters. The lowest BCUT2D eigenvalue weighted by atomic mass is 10.2. The van der Waals surface area contributed by atoms with Gasteiger partial charge in [0.25, 0.3) is 5.91 Å². The van der Waals surface area contributed by atoms with Crippen molar-refractivity contribution in [3.8, 4) is 0 Å². The van der Waals surface area contributed by atoms with Gasteiger partial charge in [-0.15, -0.1) is 0 Å². The van der Waals surface area contributed by atoms with Crippen molar-refractivity contribution in [2.45, 2.75) is 6.54 Å². The van der Waals surface area contributed by atoms with Gasteiger partial charge in [0.2, 0.25) is 0 Å². The standard InChI is InChI=1S/C15H11ClN2OS2/c16-12-4-2-1-3-11(12)8-18-14(19)13(17-15(18)20)7-10-5-6-21-9-10/h1-7,9H,8H2,(H,17,20). The molecule has 1 fully saturated rings. The first-order chi connectivity index (χ1) is 10.1. The second-order valence-corrected chi connectivity index (χ2v) is 6.10. The fourth-order valence-electron chi connectivity index (χ4n) is 2.04. The molecule has 3 nitrogen and oxygen atoms in total. The van der Waals surface area contributed by atoms with Gasteiger partial charge in [0.1, 0.15) is 5.70 Å². The van der Waals surface area contributed by atoms with Crippen molar-refractivity contribution in [3.05, 3.63) is 62.9 Å². The number of benzene rings is 1. The predicted octanol–water partition coefficient (Wildman–Crippen LogP) is 3.66. The Labute approximate surface area is 136 Å². The van der Waals surface area contributed by atoms with Gasteiger partial charge in [0.15, 0.2) is 5.11 Å². The molecule has 3 rings (SSSR count). The minimum absolute atomic E-state index is 0.133. The summed E-state index contributed by atoms with van der Waals surface area (Å²) in [6, 6.07) is 9.39. The Bertz CT molecular complexity index is 725. The Kier molecular flexibility index (Phi) is 4.05. The summed E-state index contributed by atoms with van der Waals surface area (Å²) in [7, 11) is 0. The molecule has 106 valence electrons. The van der Waals surface area contributed by atoms with Gasteiger partial charge < -0.3 is 5.32 Å². The lowest BCUT2D eigenvalue weighted by Gasteiger charge is -2.14. The van der Waals surface area contributed by atoms with Crippen LogP contribution in [-0.2, 0) is 11.3 Å². The van der Waals surface area contributed by atoms with Crippen LogP contribution in [0.15, 0.2) is 46.8 Å². The Morgan fingerprint density at radius 1 is 1.33 bits per heavy atom. The summed E-state index contributed by atoms with van der Waals surface area (Å²) in [4.78, 5) is 13.9. The zero-order chi connectivity index (χ0) is 14.8. The molecular weight excluding hydrogens is 324 g/mol. The first-order valence-electron chi connectivity index (χ1n) is 6.25. The number of thiophene rings is 1. The summed E-state index contributed by atoms with van der Waals surface area (Å²) in [5.74, 6) is -0.133. The number of hydrogen-bond donors (Lipinski definition) is 1. The van der Waals surface area contributed by atoms with Gasteiger partial charge in [-0.1, -0.05) is 29.8 Å². The highest BCUT2D eigenvalue weighted by Gasteiger charge is 2.30. The van der Waals surface area contributed by atoms with Gasteiger partial charge >= 0.3 is 0 Å². The maximum atomic E-state index is 12.4. The third-order valence-electron chi connectivity index (χ3n) is 3.10. The average molecular weight is 335 g/mol. The molecule has 1 aliphatic heterocycles. The van der Waals surface area contributed by atoms with Gasteiger partial charge in [-0.05, 0) is 52.3 Å². The fourth-order valence-corrected chi connectivity index (χ4v) is 3.11. The number of amides is 1. The van der Waals surface area contributed by atoms with E-state index in [9.17, 15) is 4.79 Å². The van der Waals surface area contributed by atoms with E-state index in [0.29, 0.717) is 22.4 Å². The minimum Gasteiger partial charge on any atom is -0.328 e. The van der Waals surface area contributed by atoms with Crippen LogP contribution < -0.4 is 5.32 Å². The molecule has 0 radical (unpaired) electrons. The lowest BCUT2D eigenvalue weighted by molar-refractivity contribution is -0.122. The van der Waals surface area contributed by atoms with E-state index >= 15 is 0 Å². The van der Waals surface area contributed by atoms with Crippen LogP contribution in [0.5, 0.6) is 0 Å². The van der Waals surface area contributed by atoms with Crippen LogP contribution >= 0.6 is 35.2 Å². The van der Waals surface area contributed by atoms with Gasteiger partial charge in [-0.25, -0.2) is 0 Å². The van der Waals surface area contributed by atoms with Gasteiger partial charge in [0.05, 0.1) is 6.54 Å². The van der Waals surface area contributed by atoms with E-state index in [4.69, 9.17) is 23.8 Å². The quantitative estimate of drug-likeness (QED) is 0.686. The van der Waals surface area contributed by atoms with Crippen molar-refractivity contribution < 1.29 is 4.79 Å². The van der Waals surface area contributed by atoms with Crippen LogP contribution in [0.3, 0.4) is 0 Å². The maximum absolute atomic E-state index is 12.4. The third kappa shape index (κ3) is 3.00. The van der Waals surface area contributed by atoms with Gasteiger partial charge in [-0.3, -0.25) is 9.69 Å². The molecule has 2 aromatic rings. The Balaban J connectivity index is 1.83. The smallest absolute Gasteiger partial charge is 0.276 e. The van der Waals surface area contributed by atoms with Gasteiger partial charge in [-0.2, -0.15) is 11.3 Å².